The summed E-state index contributed by atoms with van der Waals surface area (Å²) in [5.41, 5.74) is 2.03. The molecule has 1 aromatic rings. The van der Waals surface area contributed by atoms with E-state index in [2.05, 4.69) is 12.2 Å². The van der Waals surface area contributed by atoms with Gasteiger partial charge in [0.25, 0.3) is 0 Å². The maximum Gasteiger partial charge on any atom is 0.335 e. The van der Waals surface area contributed by atoms with Crippen LogP contribution in [-0.2, 0) is 4.74 Å². The fourth-order valence-electron chi connectivity index (χ4n) is 1.69. The quantitative estimate of drug-likeness (QED) is 0.798. The normalized spacial score (nSPS) is 12.2. The summed E-state index contributed by atoms with van der Waals surface area (Å²) in [4.78, 5) is 10.9. The van der Waals surface area contributed by atoms with Gasteiger partial charge in [-0.15, -0.1) is 0 Å². The molecule has 0 aromatic heterocycles. The van der Waals surface area contributed by atoms with Gasteiger partial charge in [-0.05, 0) is 37.1 Å². The molecule has 1 unspecified atom stereocenters. The number of hydrogen-bond donors (Lipinski definition) is 2. The van der Waals surface area contributed by atoms with Crippen LogP contribution in [0.4, 0.5) is 5.69 Å². The van der Waals surface area contributed by atoms with Gasteiger partial charge < -0.3 is 15.2 Å². The summed E-state index contributed by atoms with van der Waals surface area (Å²) in [6.07, 6.45) is 0.952. The van der Waals surface area contributed by atoms with Crippen LogP contribution in [-0.4, -0.2) is 30.8 Å². The number of rotatable bonds is 6. The van der Waals surface area contributed by atoms with E-state index >= 15 is 0 Å². The lowest BCUT2D eigenvalue weighted by Crippen LogP contribution is -2.23. The molecular formula is C13H19NO3. The number of aryl methyl sites for hydroxylation is 1. The largest absolute Gasteiger partial charge is 0.478 e. The van der Waals surface area contributed by atoms with Gasteiger partial charge in [0.05, 0.1) is 12.2 Å². The summed E-state index contributed by atoms with van der Waals surface area (Å²) in [6.45, 7) is 4.51. The summed E-state index contributed by atoms with van der Waals surface area (Å²) in [7, 11) is 1.67. The maximum atomic E-state index is 10.9. The molecule has 4 nitrogen and oxygen atoms in total. The Kier molecular flexibility index (Phi) is 4.97. The number of carbonyl (C=O) groups is 1. The van der Waals surface area contributed by atoms with Crippen molar-refractivity contribution in [1.82, 2.24) is 0 Å². The van der Waals surface area contributed by atoms with E-state index < -0.39 is 5.97 Å². The first-order valence-electron chi connectivity index (χ1n) is 5.67. The fourth-order valence-corrected chi connectivity index (χ4v) is 1.69. The zero-order valence-electron chi connectivity index (χ0n) is 10.5. The zero-order valence-corrected chi connectivity index (χ0v) is 10.5. The standard InChI is InChI=1S/C13H19NO3/c1-4-10(8-17-3)14-11-5-6-12(13(15)16)9(2)7-11/h5-7,10,14H,4,8H2,1-3H3,(H,15,16). The van der Waals surface area contributed by atoms with Crippen molar-refractivity contribution in [3.05, 3.63) is 29.3 Å². The van der Waals surface area contributed by atoms with Crippen LogP contribution in [0.2, 0.25) is 0 Å². The summed E-state index contributed by atoms with van der Waals surface area (Å²) < 4.78 is 5.10. The van der Waals surface area contributed by atoms with Crippen LogP contribution >= 0.6 is 0 Å². The third-order valence-electron chi connectivity index (χ3n) is 2.69. The highest BCUT2D eigenvalue weighted by Gasteiger charge is 2.09. The lowest BCUT2D eigenvalue weighted by Gasteiger charge is -2.18. The molecule has 0 aliphatic carbocycles. The van der Waals surface area contributed by atoms with Gasteiger partial charge in [0, 0.05) is 18.8 Å². The van der Waals surface area contributed by atoms with E-state index in [1.165, 1.54) is 0 Å². The molecule has 0 fully saturated rings. The fraction of sp³-hybridized carbons (Fsp3) is 0.462. The minimum Gasteiger partial charge on any atom is -0.478 e. The second kappa shape index (κ2) is 6.25. The van der Waals surface area contributed by atoms with Crippen LogP contribution < -0.4 is 5.32 Å². The third kappa shape index (κ3) is 3.75. The van der Waals surface area contributed by atoms with E-state index in [1.807, 2.05) is 6.07 Å². The zero-order chi connectivity index (χ0) is 12.8. The van der Waals surface area contributed by atoms with Gasteiger partial charge in [-0.2, -0.15) is 0 Å². The molecule has 17 heavy (non-hydrogen) atoms. The van der Waals surface area contributed by atoms with Crippen LogP contribution in [0.25, 0.3) is 0 Å². The first-order valence-corrected chi connectivity index (χ1v) is 5.67. The van der Waals surface area contributed by atoms with Crippen molar-refractivity contribution >= 4 is 11.7 Å². The molecule has 2 N–H and O–H groups in total. The molecule has 0 bridgehead atoms. The Bertz CT molecular complexity index is 390. The first kappa shape index (κ1) is 13.5. The topological polar surface area (TPSA) is 58.6 Å². The molecule has 0 aliphatic rings. The van der Waals surface area contributed by atoms with Gasteiger partial charge in [-0.3, -0.25) is 0 Å². The number of aromatic carboxylic acids is 1. The highest BCUT2D eigenvalue weighted by atomic mass is 16.5. The Morgan fingerprint density at radius 2 is 2.24 bits per heavy atom. The number of hydrogen-bond acceptors (Lipinski definition) is 3. The van der Waals surface area contributed by atoms with Gasteiger partial charge in [0.1, 0.15) is 0 Å². The van der Waals surface area contributed by atoms with Crippen LogP contribution in [0.3, 0.4) is 0 Å². The van der Waals surface area contributed by atoms with E-state index in [0.717, 1.165) is 17.7 Å². The molecule has 0 saturated carbocycles. The molecule has 0 saturated heterocycles. The van der Waals surface area contributed by atoms with Crippen molar-refractivity contribution in [1.29, 1.82) is 0 Å². The lowest BCUT2D eigenvalue weighted by atomic mass is 10.1. The van der Waals surface area contributed by atoms with E-state index in [0.29, 0.717) is 12.2 Å². The molecular weight excluding hydrogens is 218 g/mol. The summed E-state index contributed by atoms with van der Waals surface area (Å²) in [5, 5.41) is 12.2. The SMILES string of the molecule is CCC(COC)Nc1ccc(C(=O)O)c(C)c1. The minimum absolute atomic E-state index is 0.245. The summed E-state index contributed by atoms with van der Waals surface area (Å²) in [5.74, 6) is -0.891. The van der Waals surface area contributed by atoms with Crippen LogP contribution in [0, 0.1) is 6.92 Å². The van der Waals surface area contributed by atoms with E-state index in [1.54, 1.807) is 26.2 Å². The number of benzene rings is 1. The molecule has 94 valence electrons. The monoisotopic (exact) mass is 237 g/mol. The van der Waals surface area contributed by atoms with Gasteiger partial charge in [0.15, 0.2) is 0 Å². The average molecular weight is 237 g/mol. The molecule has 0 amide bonds. The van der Waals surface area contributed by atoms with Crippen molar-refractivity contribution in [3.8, 4) is 0 Å². The summed E-state index contributed by atoms with van der Waals surface area (Å²) >= 11 is 0. The molecule has 0 aliphatic heterocycles. The molecule has 0 radical (unpaired) electrons. The Balaban J connectivity index is 2.79. The molecule has 1 atom stereocenters. The number of methoxy groups -OCH3 is 1. The van der Waals surface area contributed by atoms with Crippen LogP contribution in [0.15, 0.2) is 18.2 Å². The van der Waals surface area contributed by atoms with Gasteiger partial charge in [0.2, 0.25) is 0 Å². The Labute approximate surface area is 102 Å². The van der Waals surface area contributed by atoms with Crippen LogP contribution in [0.1, 0.15) is 29.3 Å². The number of carboxylic acid groups (broad SMARTS) is 1. The molecule has 1 aromatic carbocycles. The van der Waals surface area contributed by atoms with Crippen molar-refractivity contribution in [3.63, 3.8) is 0 Å². The highest BCUT2D eigenvalue weighted by molar-refractivity contribution is 5.89. The van der Waals surface area contributed by atoms with Crippen LogP contribution in [0.5, 0.6) is 0 Å². The number of carboxylic acids is 1. The lowest BCUT2D eigenvalue weighted by molar-refractivity contribution is 0.0696. The molecule has 1 rings (SSSR count). The molecule has 0 heterocycles. The maximum absolute atomic E-state index is 10.9. The van der Waals surface area contributed by atoms with Crippen molar-refractivity contribution in [2.45, 2.75) is 26.3 Å². The Hall–Kier alpha value is -1.55. The predicted molar refractivity (Wildman–Crippen MR) is 67.7 cm³/mol. The van der Waals surface area contributed by atoms with Crippen molar-refractivity contribution < 1.29 is 14.6 Å². The van der Waals surface area contributed by atoms with E-state index in [-0.39, 0.29) is 6.04 Å². The second-order valence-electron chi connectivity index (χ2n) is 4.04. The third-order valence-corrected chi connectivity index (χ3v) is 2.69. The van der Waals surface area contributed by atoms with Crippen molar-refractivity contribution in [2.24, 2.45) is 0 Å². The van der Waals surface area contributed by atoms with E-state index in [4.69, 9.17) is 9.84 Å². The minimum atomic E-state index is -0.891. The number of nitrogens with one attached hydrogen (secondary N) is 1. The van der Waals surface area contributed by atoms with Gasteiger partial charge in [-0.1, -0.05) is 6.92 Å². The van der Waals surface area contributed by atoms with Gasteiger partial charge >= 0.3 is 5.97 Å². The Morgan fingerprint density at radius 3 is 2.71 bits per heavy atom. The molecule has 4 heteroatoms. The average Bonchev–Trinajstić information content (AvgIpc) is 2.28. The first-order chi connectivity index (χ1) is 8.08. The van der Waals surface area contributed by atoms with Gasteiger partial charge in [-0.25, -0.2) is 4.79 Å². The number of anilines is 1. The second-order valence-corrected chi connectivity index (χ2v) is 4.04. The Morgan fingerprint density at radius 1 is 1.53 bits per heavy atom. The summed E-state index contributed by atoms with van der Waals surface area (Å²) in [6, 6.07) is 5.51. The molecule has 0 spiro atoms. The van der Waals surface area contributed by atoms with Crippen molar-refractivity contribution in [2.75, 3.05) is 19.0 Å². The number of ether oxygens (including phenoxy) is 1. The van der Waals surface area contributed by atoms with E-state index in [9.17, 15) is 4.79 Å². The smallest absolute Gasteiger partial charge is 0.335 e. The predicted octanol–water partition coefficient (Wildman–Crippen LogP) is 2.53. The highest BCUT2D eigenvalue weighted by Crippen LogP contribution is 2.16.